The molecule has 0 saturated carbocycles. The highest BCUT2D eigenvalue weighted by molar-refractivity contribution is 6.00. The second-order valence-corrected chi connectivity index (χ2v) is 6.02. The number of rotatable bonds is 6. The van der Waals surface area contributed by atoms with E-state index < -0.39 is 0 Å². The van der Waals surface area contributed by atoms with Gasteiger partial charge in [-0.05, 0) is 18.2 Å². The van der Waals surface area contributed by atoms with E-state index in [-0.39, 0.29) is 6.61 Å². The summed E-state index contributed by atoms with van der Waals surface area (Å²) in [4.78, 5) is 12.6. The van der Waals surface area contributed by atoms with Crippen LogP contribution in [0.25, 0.3) is 33.3 Å². The molecule has 4 aromatic rings. The Kier molecular flexibility index (Phi) is 4.52. The Labute approximate surface area is 156 Å². The highest BCUT2D eigenvalue weighted by Crippen LogP contribution is 2.38. The van der Waals surface area contributed by atoms with Gasteiger partial charge in [-0.1, -0.05) is 12.1 Å². The van der Waals surface area contributed by atoms with E-state index in [0.29, 0.717) is 23.9 Å². The summed E-state index contributed by atoms with van der Waals surface area (Å²) in [6.07, 6.45) is 1.77. The van der Waals surface area contributed by atoms with Crippen LogP contribution in [0, 0.1) is 0 Å². The Bertz CT molecular complexity index is 1070. The molecule has 0 bridgehead atoms. The molecule has 2 heterocycles. The van der Waals surface area contributed by atoms with E-state index in [9.17, 15) is 5.11 Å². The number of methoxy groups -OCH3 is 2. The number of aliphatic hydroxyl groups is 1. The molecule has 7 heteroatoms. The summed E-state index contributed by atoms with van der Waals surface area (Å²) >= 11 is 0. The summed E-state index contributed by atoms with van der Waals surface area (Å²) in [6, 6.07) is 11.6. The zero-order valence-corrected chi connectivity index (χ0v) is 15.1. The fraction of sp³-hybridized carbons (Fsp3) is 0.200. The Morgan fingerprint density at radius 2 is 1.85 bits per heavy atom. The zero-order chi connectivity index (χ0) is 18.8. The number of aromatic nitrogens is 3. The SMILES string of the molecule is COc1cc2ncc(-c3nc4ccccc4[nH]3)c(NCCO)c2cc1OC. The van der Waals surface area contributed by atoms with Crippen LogP contribution in [-0.2, 0) is 0 Å². The summed E-state index contributed by atoms with van der Waals surface area (Å²) in [5.74, 6) is 1.93. The van der Waals surface area contributed by atoms with Crippen LogP contribution in [-0.4, -0.2) is 47.4 Å². The van der Waals surface area contributed by atoms with Crippen LogP contribution in [0.15, 0.2) is 42.6 Å². The summed E-state index contributed by atoms with van der Waals surface area (Å²) < 4.78 is 10.8. The van der Waals surface area contributed by atoms with Crippen molar-refractivity contribution in [3.05, 3.63) is 42.6 Å². The third kappa shape index (κ3) is 3.02. The maximum Gasteiger partial charge on any atom is 0.162 e. The van der Waals surface area contributed by atoms with E-state index in [1.807, 2.05) is 36.4 Å². The van der Waals surface area contributed by atoms with Crippen molar-refractivity contribution in [2.75, 3.05) is 32.7 Å². The van der Waals surface area contributed by atoms with Crippen LogP contribution in [0.1, 0.15) is 0 Å². The van der Waals surface area contributed by atoms with E-state index in [1.54, 1.807) is 20.4 Å². The number of fused-ring (bicyclic) bond motifs is 2. The first-order valence-electron chi connectivity index (χ1n) is 8.59. The van der Waals surface area contributed by atoms with Crippen molar-refractivity contribution in [2.45, 2.75) is 0 Å². The van der Waals surface area contributed by atoms with Crippen molar-refractivity contribution in [1.29, 1.82) is 0 Å². The minimum Gasteiger partial charge on any atom is -0.493 e. The van der Waals surface area contributed by atoms with Crippen molar-refractivity contribution >= 4 is 27.6 Å². The van der Waals surface area contributed by atoms with E-state index in [0.717, 1.165) is 33.2 Å². The number of pyridine rings is 1. The predicted molar refractivity (Wildman–Crippen MR) is 106 cm³/mol. The summed E-state index contributed by atoms with van der Waals surface area (Å²) in [5.41, 5.74) is 4.24. The van der Waals surface area contributed by atoms with Gasteiger partial charge in [0.2, 0.25) is 0 Å². The molecule has 0 radical (unpaired) electrons. The van der Waals surface area contributed by atoms with Gasteiger partial charge in [-0.15, -0.1) is 0 Å². The smallest absolute Gasteiger partial charge is 0.162 e. The van der Waals surface area contributed by atoms with Crippen LogP contribution in [0.3, 0.4) is 0 Å². The van der Waals surface area contributed by atoms with Crippen LogP contribution in [0.2, 0.25) is 0 Å². The van der Waals surface area contributed by atoms with Crippen molar-refractivity contribution in [2.24, 2.45) is 0 Å². The first-order valence-corrected chi connectivity index (χ1v) is 8.59. The number of benzene rings is 2. The van der Waals surface area contributed by atoms with Gasteiger partial charge in [0.05, 0.1) is 48.6 Å². The van der Waals surface area contributed by atoms with Crippen LogP contribution in [0.5, 0.6) is 11.5 Å². The van der Waals surface area contributed by atoms with E-state index in [1.165, 1.54) is 0 Å². The third-order valence-corrected chi connectivity index (χ3v) is 4.43. The van der Waals surface area contributed by atoms with Gasteiger partial charge >= 0.3 is 0 Å². The molecule has 0 aliphatic heterocycles. The van der Waals surface area contributed by atoms with Gasteiger partial charge in [-0.25, -0.2) is 4.98 Å². The Morgan fingerprint density at radius 3 is 2.59 bits per heavy atom. The molecule has 0 fully saturated rings. The number of H-pyrrole nitrogens is 1. The molecule has 0 aliphatic rings. The zero-order valence-electron chi connectivity index (χ0n) is 15.1. The van der Waals surface area contributed by atoms with Gasteiger partial charge in [-0.2, -0.15) is 0 Å². The quantitative estimate of drug-likeness (QED) is 0.487. The molecule has 3 N–H and O–H groups in total. The Morgan fingerprint density at radius 1 is 1.07 bits per heavy atom. The largest absolute Gasteiger partial charge is 0.493 e. The first-order chi connectivity index (χ1) is 13.2. The summed E-state index contributed by atoms with van der Waals surface area (Å²) in [7, 11) is 3.19. The minimum absolute atomic E-state index is 0.0106. The summed E-state index contributed by atoms with van der Waals surface area (Å²) in [6.45, 7) is 0.414. The molecule has 0 aliphatic carbocycles. The molecule has 0 atom stereocenters. The highest BCUT2D eigenvalue weighted by atomic mass is 16.5. The summed E-state index contributed by atoms with van der Waals surface area (Å²) in [5, 5.41) is 13.5. The third-order valence-electron chi connectivity index (χ3n) is 4.43. The van der Waals surface area contributed by atoms with Crippen molar-refractivity contribution in [3.8, 4) is 22.9 Å². The number of aliphatic hydroxyl groups excluding tert-OH is 1. The van der Waals surface area contributed by atoms with Crippen LogP contribution >= 0.6 is 0 Å². The predicted octanol–water partition coefficient (Wildman–Crippen LogP) is 3.20. The molecule has 27 heavy (non-hydrogen) atoms. The van der Waals surface area contributed by atoms with Gasteiger partial charge in [0, 0.05) is 24.2 Å². The first kappa shape index (κ1) is 17.1. The Hall–Kier alpha value is -3.32. The fourth-order valence-electron chi connectivity index (χ4n) is 3.15. The fourth-order valence-corrected chi connectivity index (χ4v) is 3.15. The van der Waals surface area contributed by atoms with E-state index in [4.69, 9.17) is 9.47 Å². The normalized spacial score (nSPS) is 11.1. The number of nitrogens with zero attached hydrogens (tertiary/aromatic N) is 2. The Balaban J connectivity index is 1.95. The second-order valence-electron chi connectivity index (χ2n) is 6.02. The molecular formula is C20H20N4O3. The molecule has 0 saturated heterocycles. The molecule has 2 aromatic carbocycles. The van der Waals surface area contributed by atoms with Gasteiger partial charge < -0.3 is 24.9 Å². The topological polar surface area (TPSA) is 92.3 Å². The van der Waals surface area contributed by atoms with Gasteiger partial charge in [0.1, 0.15) is 5.82 Å². The molecule has 4 rings (SSSR count). The number of para-hydroxylation sites is 2. The lowest BCUT2D eigenvalue weighted by Gasteiger charge is -2.15. The average molecular weight is 364 g/mol. The maximum atomic E-state index is 9.31. The lowest BCUT2D eigenvalue weighted by atomic mass is 10.1. The van der Waals surface area contributed by atoms with Crippen LogP contribution < -0.4 is 14.8 Å². The number of ether oxygens (including phenoxy) is 2. The van der Waals surface area contributed by atoms with Crippen molar-refractivity contribution < 1.29 is 14.6 Å². The van der Waals surface area contributed by atoms with Crippen molar-refractivity contribution in [3.63, 3.8) is 0 Å². The molecular weight excluding hydrogens is 344 g/mol. The lowest BCUT2D eigenvalue weighted by Crippen LogP contribution is -2.08. The van der Waals surface area contributed by atoms with Gasteiger partial charge in [0.15, 0.2) is 11.5 Å². The van der Waals surface area contributed by atoms with Gasteiger partial charge in [-0.3, -0.25) is 4.98 Å². The maximum absolute atomic E-state index is 9.31. The number of nitrogens with one attached hydrogen (secondary N) is 2. The molecule has 7 nitrogen and oxygen atoms in total. The molecule has 0 unspecified atom stereocenters. The van der Waals surface area contributed by atoms with Crippen molar-refractivity contribution in [1.82, 2.24) is 15.0 Å². The highest BCUT2D eigenvalue weighted by Gasteiger charge is 2.16. The standard InChI is InChI=1S/C20H20N4O3/c1-26-17-9-12-16(10-18(17)27-2)22-11-13(19(12)21-7-8-25)20-23-14-5-3-4-6-15(14)24-20/h3-6,9-11,25H,7-8H2,1-2H3,(H,21,22)(H,23,24). The molecule has 0 spiro atoms. The number of anilines is 1. The monoisotopic (exact) mass is 364 g/mol. The number of hydrogen-bond donors (Lipinski definition) is 3. The molecule has 2 aromatic heterocycles. The van der Waals surface area contributed by atoms with E-state index >= 15 is 0 Å². The second kappa shape index (κ2) is 7.13. The molecule has 0 amide bonds. The number of hydrogen-bond acceptors (Lipinski definition) is 6. The van der Waals surface area contributed by atoms with Crippen LogP contribution in [0.4, 0.5) is 5.69 Å². The lowest BCUT2D eigenvalue weighted by molar-refractivity contribution is 0.311. The molecule has 138 valence electrons. The minimum atomic E-state index is 0.0106. The number of imidazole rings is 1. The average Bonchev–Trinajstić information content (AvgIpc) is 3.14. The number of aromatic amines is 1. The van der Waals surface area contributed by atoms with E-state index in [2.05, 4.69) is 20.3 Å². The van der Waals surface area contributed by atoms with Gasteiger partial charge in [0.25, 0.3) is 0 Å².